The summed E-state index contributed by atoms with van der Waals surface area (Å²) in [6.07, 6.45) is 2.61. The molecule has 1 aromatic carbocycles. The molecule has 2 aliphatic rings. The van der Waals surface area contributed by atoms with E-state index < -0.39 is 5.97 Å². The Balaban J connectivity index is 2.04. The van der Waals surface area contributed by atoms with E-state index in [0.29, 0.717) is 5.92 Å². The Labute approximate surface area is 100 Å². The SMILES string of the molecule is O=C(O)C[C@H]1CC[C@H]2C[C@H](O)c3cccc1c32. The molecule has 17 heavy (non-hydrogen) atoms. The average Bonchev–Trinajstić information content (AvgIpc) is 2.61. The first kappa shape index (κ1) is 10.8. The van der Waals surface area contributed by atoms with Crippen LogP contribution in [0, 0.1) is 0 Å². The topological polar surface area (TPSA) is 57.5 Å². The van der Waals surface area contributed by atoms with Gasteiger partial charge in [0.2, 0.25) is 0 Å². The normalized spacial score (nSPS) is 30.1. The van der Waals surface area contributed by atoms with E-state index in [2.05, 4.69) is 0 Å². The zero-order valence-electron chi connectivity index (χ0n) is 9.60. The van der Waals surface area contributed by atoms with Crippen LogP contribution in [0.4, 0.5) is 0 Å². The van der Waals surface area contributed by atoms with Crippen molar-refractivity contribution >= 4 is 5.97 Å². The minimum Gasteiger partial charge on any atom is -0.481 e. The van der Waals surface area contributed by atoms with Crippen molar-refractivity contribution in [3.05, 3.63) is 34.9 Å². The van der Waals surface area contributed by atoms with Crippen molar-refractivity contribution < 1.29 is 15.0 Å². The van der Waals surface area contributed by atoms with Crippen LogP contribution >= 0.6 is 0 Å². The van der Waals surface area contributed by atoms with Gasteiger partial charge >= 0.3 is 5.97 Å². The Morgan fingerprint density at radius 2 is 2.06 bits per heavy atom. The Hall–Kier alpha value is -1.35. The molecule has 0 aromatic heterocycles. The maximum Gasteiger partial charge on any atom is 0.303 e. The van der Waals surface area contributed by atoms with Gasteiger partial charge in [0, 0.05) is 0 Å². The van der Waals surface area contributed by atoms with Gasteiger partial charge in [-0.2, -0.15) is 0 Å². The van der Waals surface area contributed by atoms with E-state index >= 15 is 0 Å². The molecule has 1 aromatic rings. The van der Waals surface area contributed by atoms with Crippen LogP contribution in [-0.4, -0.2) is 16.2 Å². The van der Waals surface area contributed by atoms with Gasteiger partial charge in [-0.3, -0.25) is 4.79 Å². The molecule has 2 aliphatic carbocycles. The van der Waals surface area contributed by atoms with Crippen LogP contribution in [0.25, 0.3) is 0 Å². The number of carbonyl (C=O) groups is 1. The molecule has 0 amide bonds. The zero-order valence-corrected chi connectivity index (χ0v) is 9.60. The van der Waals surface area contributed by atoms with E-state index in [9.17, 15) is 9.90 Å². The van der Waals surface area contributed by atoms with Gasteiger partial charge in [-0.1, -0.05) is 18.2 Å². The van der Waals surface area contributed by atoms with Crippen molar-refractivity contribution in [2.24, 2.45) is 0 Å². The lowest BCUT2D eigenvalue weighted by atomic mass is 9.76. The molecule has 0 unspecified atom stereocenters. The standard InChI is InChI=1S/C14H16O3/c15-12-6-9-5-4-8(7-13(16)17)10-2-1-3-11(12)14(9)10/h1-3,8-9,12,15H,4-7H2,(H,16,17)/t8-,9+,12+/m1/s1. The molecule has 0 heterocycles. The van der Waals surface area contributed by atoms with Crippen molar-refractivity contribution in [3.63, 3.8) is 0 Å². The lowest BCUT2D eigenvalue weighted by Crippen LogP contribution is -2.15. The number of aliphatic hydroxyl groups is 1. The number of hydrogen-bond donors (Lipinski definition) is 2. The molecule has 90 valence electrons. The highest BCUT2D eigenvalue weighted by Crippen LogP contribution is 2.51. The minimum absolute atomic E-state index is 0.129. The summed E-state index contributed by atoms with van der Waals surface area (Å²) in [6.45, 7) is 0. The van der Waals surface area contributed by atoms with Crippen LogP contribution in [0.1, 0.15) is 60.3 Å². The molecule has 3 heteroatoms. The van der Waals surface area contributed by atoms with Gasteiger partial charge in [0.15, 0.2) is 0 Å². The molecular weight excluding hydrogens is 216 g/mol. The number of benzene rings is 1. The Morgan fingerprint density at radius 1 is 1.29 bits per heavy atom. The van der Waals surface area contributed by atoms with Gasteiger partial charge in [-0.05, 0) is 47.8 Å². The first-order valence-electron chi connectivity index (χ1n) is 6.19. The van der Waals surface area contributed by atoms with E-state index in [1.807, 2.05) is 18.2 Å². The number of aliphatic hydroxyl groups excluding tert-OH is 1. The molecule has 0 saturated heterocycles. The van der Waals surface area contributed by atoms with Crippen molar-refractivity contribution in [1.82, 2.24) is 0 Å². The molecular formula is C14H16O3. The number of rotatable bonds is 2. The van der Waals surface area contributed by atoms with E-state index in [4.69, 9.17) is 5.11 Å². The predicted molar refractivity (Wildman–Crippen MR) is 63.0 cm³/mol. The second-order valence-electron chi connectivity index (χ2n) is 5.17. The second kappa shape index (κ2) is 3.84. The maximum atomic E-state index is 10.9. The summed E-state index contributed by atoms with van der Waals surface area (Å²) in [7, 11) is 0. The second-order valence-corrected chi connectivity index (χ2v) is 5.17. The highest BCUT2D eigenvalue weighted by Gasteiger charge is 2.37. The van der Waals surface area contributed by atoms with Crippen LogP contribution in [0.15, 0.2) is 18.2 Å². The largest absolute Gasteiger partial charge is 0.481 e. The highest BCUT2D eigenvalue weighted by molar-refractivity contribution is 5.68. The molecule has 0 radical (unpaired) electrons. The molecule has 2 N–H and O–H groups in total. The lowest BCUT2D eigenvalue weighted by Gasteiger charge is -2.28. The summed E-state index contributed by atoms with van der Waals surface area (Å²) in [5.74, 6) is -0.158. The van der Waals surface area contributed by atoms with Crippen LogP contribution in [0.3, 0.4) is 0 Å². The average molecular weight is 232 g/mol. The van der Waals surface area contributed by atoms with E-state index in [1.165, 1.54) is 5.56 Å². The van der Waals surface area contributed by atoms with Gasteiger partial charge in [-0.25, -0.2) is 0 Å². The fraction of sp³-hybridized carbons (Fsp3) is 0.500. The van der Waals surface area contributed by atoms with Gasteiger partial charge in [-0.15, -0.1) is 0 Å². The van der Waals surface area contributed by atoms with Crippen molar-refractivity contribution in [2.45, 2.75) is 43.6 Å². The maximum absolute atomic E-state index is 10.9. The Kier molecular flexibility index (Phi) is 2.44. The molecule has 3 atom stereocenters. The number of carboxylic acids is 1. The molecule has 0 fully saturated rings. The summed E-state index contributed by atoms with van der Waals surface area (Å²) in [4.78, 5) is 10.9. The molecule has 0 bridgehead atoms. The third-order valence-corrected chi connectivity index (χ3v) is 4.17. The van der Waals surface area contributed by atoms with E-state index in [1.54, 1.807) is 0 Å². The van der Waals surface area contributed by atoms with Crippen molar-refractivity contribution in [1.29, 1.82) is 0 Å². The van der Waals surface area contributed by atoms with Crippen LogP contribution in [0.2, 0.25) is 0 Å². The third kappa shape index (κ3) is 1.65. The van der Waals surface area contributed by atoms with Crippen molar-refractivity contribution in [3.8, 4) is 0 Å². The van der Waals surface area contributed by atoms with Gasteiger partial charge in [0.05, 0.1) is 12.5 Å². The van der Waals surface area contributed by atoms with E-state index in [-0.39, 0.29) is 18.4 Å². The van der Waals surface area contributed by atoms with Crippen LogP contribution in [-0.2, 0) is 4.79 Å². The fourth-order valence-corrected chi connectivity index (χ4v) is 3.48. The summed E-state index contributed by atoms with van der Waals surface area (Å²) < 4.78 is 0. The molecule has 3 nitrogen and oxygen atoms in total. The molecule has 3 rings (SSSR count). The Morgan fingerprint density at radius 3 is 2.82 bits per heavy atom. The Bertz CT molecular complexity index is 467. The molecule has 0 spiro atoms. The minimum atomic E-state index is -0.732. The first-order valence-corrected chi connectivity index (χ1v) is 6.19. The number of carboxylic acid groups (broad SMARTS) is 1. The number of hydrogen-bond acceptors (Lipinski definition) is 2. The van der Waals surface area contributed by atoms with Crippen LogP contribution < -0.4 is 0 Å². The number of aliphatic carboxylic acids is 1. The lowest BCUT2D eigenvalue weighted by molar-refractivity contribution is -0.137. The smallest absolute Gasteiger partial charge is 0.303 e. The quantitative estimate of drug-likeness (QED) is 0.823. The highest BCUT2D eigenvalue weighted by atomic mass is 16.4. The zero-order chi connectivity index (χ0) is 12.0. The summed E-state index contributed by atoms with van der Waals surface area (Å²) in [5.41, 5.74) is 3.44. The monoisotopic (exact) mass is 232 g/mol. The molecule has 0 aliphatic heterocycles. The third-order valence-electron chi connectivity index (χ3n) is 4.17. The van der Waals surface area contributed by atoms with Gasteiger partial charge in [0.25, 0.3) is 0 Å². The van der Waals surface area contributed by atoms with Crippen LogP contribution in [0.5, 0.6) is 0 Å². The summed E-state index contributed by atoms with van der Waals surface area (Å²) >= 11 is 0. The summed E-state index contributed by atoms with van der Waals surface area (Å²) in [6, 6.07) is 5.96. The van der Waals surface area contributed by atoms with Crippen molar-refractivity contribution in [2.75, 3.05) is 0 Å². The fourth-order valence-electron chi connectivity index (χ4n) is 3.48. The van der Waals surface area contributed by atoms with Gasteiger partial charge in [0.1, 0.15) is 0 Å². The van der Waals surface area contributed by atoms with E-state index in [0.717, 1.165) is 30.4 Å². The first-order chi connectivity index (χ1) is 8.16. The summed E-state index contributed by atoms with van der Waals surface area (Å²) in [5, 5.41) is 18.9. The van der Waals surface area contributed by atoms with Gasteiger partial charge < -0.3 is 10.2 Å². The predicted octanol–water partition coefficient (Wildman–Crippen LogP) is 2.56. The molecule has 0 saturated carbocycles.